The Hall–Kier alpha value is -1.96. The van der Waals surface area contributed by atoms with Crippen LogP contribution in [-0.2, 0) is 14.6 Å². The number of amides is 1. The monoisotopic (exact) mass is 303 g/mol. The van der Waals surface area contributed by atoms with Crippen molar-refractivity contribution < 1.29 is 27.5 Å². The van der Waals surface area contributed by atoms with Gasteiger partial charge in [0.05, 0.1) is 10.5 Å². The molecular weight excluding hydrogens is 289 g/mol. The van der Waals surface area contributed by atoms with Crippen LogP contribution in [0.3, 0.4) is 0 Å². The van der Waals surface area contributed by atoms with Gasteiger partial charge in [-0.15, -0.1) is 0 Å². The van der Waals surface area contributed by atoms with Crippen molar-refractivity contribution in [3.05, 3.63) is 29.1 Å². The van der Waals surface area contributed by atoms with Crippen LogP contribution in [0.5, 0.6) is 0 Å². The summed E-state index contributed by atoms with van der Waals surface area (Å²) in [4.78, 5) is 21.9. The van der Waals surface area contributed by atoms with Gasteiger partial charge in [-0.25, -0.2) is 17.6 Å². The number of sulfone groups is 1. The van der Waals surface area contributed by atoms with Gasteiger partial charge in [0.25, 0.3) is 0 Å². The number of aryl methyl sites for hydroxylation is 1. The Kier molecular flexibility index (Phi) is 4.49. The molecule has 110 valence electrons. The van der Waals surface area contributed by atoms with Crippen LogP contribution in [0.25, 0.3) is 0 Å². The van der Waals surface area contributed by atoms with Crippen LogP contribution >= 0.6 is 0 Å². The minimum Gasteiger partial charge on any atom is -0.478 e. The number of rotatable bonds is 4. The average molecular weight is 303 g/mol. The summed E-state index contributed by atoms with van der Waals surface area (Å²) in [5.74, 6) is -3.30. The van der Waals surface area contributed by atoms with Gasteiger partial charge < -0.3 is 10.4 Å². The molecule has 0 saturated carbocycles. The summed E-state index contributed by atoms with van der Waals surface area (Å²) in [5.41, 5.74) is -0.861. The van der Waals surface area contributed by atoms with Crippen LogP contribution in [0.2, 0.25) is 0 Å². The number of hydrogen-bond acceptors (Lipinski definition) is 4. The molecule has 1 aromatic rings. The van der Waals surface area contributed by atoms with Crippen LogP contribution in [0.4, 0.5) is 4.39 Å². The first-order valence-electron chi connectivity index (χ1n) is 5.61. The third kappa shape index (κ3) is 2.79. The van der Waals surface area contributed by atoms with Crippen molar-refractivity contribution in [1.82, 2.24) is 5.32 Å². The van der Waals surface area contributed by atoms with Gasteiger partial charge in [-0.1, -0.05) is 0 Å². The van der Waals surface area contributed by atoms with Gasteiger partial charge in [-0.3, -0.25) is 4.79 Å². The number of nitrogens with one attached hydrogen (secondary N) is 1. The molecule has 0 aliphatic carbocycles. The third-order valence-electron chi connectivity index (χ3n) is 2.87. The Balaban J connectivity index is 3.48. The van der Waals surface area contributed by atoms with Gasteiger partial charge in [-0.2, -0.15) is 0 Å². The van der Waals surface area contributed by atoms with Crippen LogP contribution in [0.1, 0.15) is 22.8 Å². The molecule has 1 unspecified atom stereocenters. The minimum atomic E-state index is -4.09. The van der Waals surface area contributed by atoms with E-state index in [1.165, 1.54) is 20.9 Å². The molecule has 0 aromatic heterocycles. The predicted octanol–water partition coefficient (Wildman–Crippen LogP) is 0.741. The molecule has 8 heteroatoms. The maximum Gasteiger partial charge on any atom is 0.338 e. The molecule has 1 amide bonds. The van der Waals surface area contributed by atoms with Gasteiger partial charge in [0, 0.05) is 7.05 Å². The summed E-state index contributed by atoms with van der Waals surface area (Å²) in [6.07, 6.45) is 0. The lowest BCUT2D eigenvalue weighted by Crippen LogP contribution is -2.35. The zero-order valence-corrected chi connectivity index (χ0v) is 11.9. The zero-order chi connectivity index (χ0) is 15.7. The third-order valence-corrected chi connectivity index (χ3v) is 4.91. The fourth-order valence-corrected chi connectivity index (χ4v) is 3.04. The largest absolute Gasteiger partial charge is 0.478 e. The van der Waals surface area contributed by atoms with Gasteiger partial charge in [0.2, 0.25) is 5.91 Å². The topological polar surface area (TPSA) is 101 Å². The summed E-state index contributed by atoms with van der Waals surface area (Å²) >= 11 is 0. The van der Waals surface area contributed by atoms with Crippen molar-refractivity contribution in [3.8, 4) is 0 Å². The lowest BCUT2D eigenvalue weighted by molar-refractivity contribution is -0.119. The Labute approximate surface area is 115 Å². The van der Waals surface area contributed by atoms with E-state index in [1.807, 2.05) is 0 Å². The van der Waals surface area contributed by atoms with Crippen molar-refractivity contribution in [2.24, 2.45) is 0 Å². The molecule has 1 aromatic carbocycles. The molecule has 0 aliphatic rings. The van der Waals surface area contributed by atoms with Crippen LogP contribution in [0.15, 0.2) is 17.0 Å². The Bertz CT molecular complexity index is 669. The maximum atomic E-state index is 13.6. The zero-order valence-electron chi connectivity index (χ0n) is 11.1. The van der Waals surface area contributed by atoms with Gasteiger partial charge >= 0.3 is 5.97 Å². The van der Waals surface area contributed by atoms with Crippen LogP contribution in [0, 0.1) is 12.7 Å². The van der Waals surface area contributed by atoms with E-state index in [9.17, 15) is 22.4 Å². The van der Waals surface area contributed by atoms with Crippen molar-refractivity contribution in [3.63, 3.8) is 0 Å². The van der Waals surface area contributed by atoms with E-state index in [-0.39, 0.29) is 5.56 Å². The van der Waals surface area contributed by atoms with E-state index in [0.717, 1.165) is 12.1 Å². The first-order chi connectivity index (χ1) is 9.12. The highest BCUT2D eigenvalue weighted by Gasteiger charge is 2.30. The first-order valence-corrected chi connectivity index (χ1v) is 7.16. The molecule has 0 saturated heterocycles. The quantitative estimate of drug-likeness (QED) is 0.799. The van der Waals surface area contributed by atoms with E-state index in [0.29, 0.717) is 0 Å². The molecule has 1 atom stereocenters. The molecule has 20 heavy (non-hydrogen) atoms. The second-order valence-electron chi connectivity index (χ2n) is 4.21. The molecular formula is C12H14FNO5S. The lowest BCUT2D eigenvalue weighted by Gasteiger charge is -2.13. The van der Waals surface area contributed by atoms with Gasteiger partial charge in [0.15, 0.2) is 9.84 Å². The van der Waals surface area contributed by atoms with E-state index in [1.54, 1.807) is 0 Å². The standard InChI is InChI=1S/C12H14FNO5S/c1-6-4-8(5-9(10(6)13)12(16)17)20(18,19)7(2)11(15)14-3/h4-5,7H,1-3H3,(H,14,15)(H,16,17). The van der Waals surface area contributed by atoms with Gasteiger partial charge in [0.1, 0.15) is 11.1 Å². The molecule has 6 nitrogen and oxygen atoms in total. The molecule has 0 heterocycles. The number of halogens is 1. The summed E-state index contributed by atoms with van der Waals surface area (Å²) in [7, 11) is -2.80. The van der Waals surface area contributed by atoms with Crippen molar-refractivity contribution in [2.45, 2.75) is 24.0 Å². The highest BCUT2D eigenvalue weighted by atomic mass is 32.2. The SMILES string of the molecule is CNC(=O)C(C)S(=O)(=O)c1cc(C)c(F)c(C(=O)O)c1. The summed E-state index contributed by atoms with van der Waals surface area (Å²) in [6, 6.07) is 1.73. The number of benzene rings is 1. The molecule has 0 aliphatic heterocycles. The summed E-state index contributed by atoms with van der Waals surface area (Å²) in [6.45, 7) is 2.43. The number of carbonyl (C=O) groups is 2. The Morgan fingerprint density at radius 2 is 1.90 bits per heavy atom. The molecule has 0 radical (unpaired) electrons. The van der Waals surface area contributed by atoms with E-state index < -0.39 is 43.2 Å². The number of aromatic carboxylic acids is 1. The van der Waals surface area contributed by atoms with Crippen LogP contribution < -0.4 is 5.32 Å². The Morgan fingerprint density at radius 1 is 1.35 bits per heavy atom. The lowest BCUT2D eigenvalue weighted by atomic mass is 10.1. The van der Waals surface area contributed by atoms with Gasteiger partial charge in [-0.05, 0) is 31.5 Å². The maximum absolute atomic E-state index is 13.6. The highest BCUT2D eigenvalue weighted by Crippen LogP contribution is 2.22. The number of hydrogen-bond donors (Lipinski definition) is 2. The number of carboxylic acid groups (broad SMARTS) is 1. The van der Waals surface area contributed by atoms with Crippen molar-refractivity contribution in [2.75, 3.05) is 7.05 Å². The Morgan fingerprint density at radius 3 is 2.35 bits per heavy atom. The molecule has 0 spiro atoms. The van der Waals surface area contributed by atoms with Crippen molar-refractivity contribution >= 4 is 21.7 Å². The van der Waals surface area contributed by atoms with Crippen molar-refractivity contribution in [1.29, 1.82) is 0 Å². The fraction of sp³-hybridized carbons (Fsp3) is 0.333. The van der Waals surface area contributed by atoms with E-state index in [2.05, 4.69) is 5.32 Å². The second kappa shape index (κ2) is 5.58. The average Bonchev–Trinajstić information content (AvgIpc) is 2.39. The molecule has 0 fully saturated rings. The summed E-state index contributed by atoms with van der Waals surface area (Å²) in [5, 5.41) is 9.65. The molecule has 2 N–H and O–H groups in total. The van der Waals surface area contributed by atoms with E-state index in [4.69, 9.17) is 5.11 Å². The fourth-order valence-electron chi connectivity index (χ4n) is 1.60. The number of carbonyl (C=O) groups excluding carboxylic acids is 1. The van der Waals surface area contributed by atoms with E-state index >= 15 is 0 Å². The smallest absolute Gasteiger partial charge is 0.338 e. The first kappa shape index (κ1) is 16.1. The minimum absolute atomic E-state index is 0.118. The number of carboxylic acids is 1. The highest BCUT2D eigenvalue weighted by molar-refractivity contribution is 7.92. The second-order valence-corrected chi connectivity index (χ2v) is 6.48. The molecule has 0 bridgehead atoms. The van der Waals surface area contributed by atoms with Crippen LogP contribution in [-0.4, -0.2) is 37.7 Å². The normalized spacial score (nSPS) is 12.8. The molecule has 1 rings (SSSR count). The predicted molar refractivity (Wildman–Crippen MR) is 68.8 cm³/mol. The summed E-state index contributed by atoms with van der Waals surface area (Å²) < 4.78 is 38.0.